The summed E-state index contributed by atoms with van der Waals surface area (Å²) in [5.74, 6) is -0.319. The quantitative estimate of drug-likeness (QED) is 0.744. The maximum atomic E-state index is 12.6. The Balaban J connectivity index is 2.20. The molecule has 1 unspecified atom stereocenters. The highest BCUT2D eigenvalue weighted by atomic mass is 32.2. The van der Waals surface area contributed by atoms with Gasteiger partial charge in [-0.25, -0.2) is 13.4 Å². The van der Waals surface area contributed by atoms with Gasteiger partial charge in [-0.15, -0.1) is 11.3 Å². The minimum absolute atomic E-state index is 0.128. The van der Waals surface area contributed by atoms with Crippen molar-refractivity contribution in [2.75, 3.05) is 13.1 Å². The summed E-state index contributed by atoms with van der Waals surface area (Å²) < 4.78 is 26.6. The van der Waals surface area contributed by atoms with Crippen LogP contribution in [-0.4, -0.2) is 36.7 Å². The van der Waals surface area contributed by atoms with Gasteiger partial charge in [0.2, 0.25) is 10.0 Å². The van der Waals surface area contributed by atoms with Crippen molar-refractivity contribution in [2.45, 2.75) is 45.1 Å². The molecule has 1 aromatic heterocycles. The average Bonchev–Trinajstić information content (AvgIpc) is 3.12. The Morgan fingerprint density at radius 1 is 1.27 bits per heavy atom. The molecule has 1 heterocycles. The molecule has 1 atom stereocenters. The average molecular weight is 396 g/mol. The number of aromatic nitrogens is 1. The topological polar surface area (TPSA) is 79.4 Å². The van der Waals surface area contributed by atoms with Crippen molar-refractivity contribution in [1.82, 2.24) is 14.6 Å². The Bertz CT molecular complexity index is 858. The van der Waals surface area contributed by atoms with E-state index in [1.165, 1.54) is 16.4 Å². The lowest BCUT2D eigenvalue weighted by Gasteiger charge is -2.19. The van der Waals surface area contributed by atoms with Crippen molar-refractivity contribution >= 4 is 27.3 Å². The Kier molecular flexibility index (Phi) is 6.91. The summed E-state index contributed by atoms with van der Waals surface area (Å²) in [6, 6.07) is 5.90. The number of sulfonamides is 1. The van der Waals surface area contributed by atoms with Crippen LogP contribution in [0.25, 0.3) is 0 Å². The molecule has 0 aliphatic rings. The number of hydrogen-bond donors (Lipinski definition) is 1. The van der Waals surface area contributed by atoms with E-state index in [4.69, 9.17) is 0 Å². The molecule has 142 valence electrons. The highest BCUT2D eigenvalue weighted by molar-refractivity contribution is 7.89. The number of amides is 1. The standard InChI is InChI=1S/C18H25N3O3S2/c1-5-17-20-16(12-25-17)13(4)19-18(22)14-9-8-10-15(11-14)26(23,24)21(6-2)7-3/h8-13H,5-7H2,1-4H3,(H,19,22). The van der Waals surface area contributed by atoms with E-state index in [9.17, 15) is 13.2 Å². The summed E-state index contributed by atoms with van der Waals surface area (Å²) in [6.45, 7) is 8.25. The minimum atomic E-state index is -3.60. The summed E-state index contributed by atoms with van der Waals surface area (Å²) in [4.78, 5) is 17.2. The number of nitrogens with zero attached hydrogens (tertiary/aromatic N) is 2. The molecule has 2 rings (SSSR count). The molecular weight excluding hydrogens is 370 g/mol. The Morgan fingerprint density at radius 2 is 1.96 bits per heavy atom. The van der Waals surface area contributed by atoms with Crippen LogP contribution in [0.5, 0.6) is 0 Å². The maximum Gasteiger partial charge on any atom is 0.251 e. The van der Waals surface area contributed by atoms with Gasteiger partial charge in [-0.3, -0.25) is 4.79 Å². The van der Waals surface area contributed by atoms with Crippen LogP contribution in [0.4, 0.5) is 0 Å². The second kappa shape index (κ2) is 8.75. The van der Waals surface area contributed by atoms with E-state index in [0.29, 0.717) is 18.7 Å². The van der Waals surface area contributed by atoms with Crippen molar-refractivity contribution in [1.29, 1.82) is 0 Å². The molecule has 0 aliphatic heterocycles. The van der Waals surface area contributed by atoms with Crippen molar-refractivity contribution < 1.29 is 13.2 Å². The molecule has 1 amide bonds. The van der Waals surface area contributed by atoms with Gasteiger partial charge in [0, 0.05) is 24.0 Å². The molecule has 0 bridgehead atoms. The molecule has 0 saturated carbocycles. The first-order valence-electron chi connectivity index (χ1n) is 8.68. The monoisotopic (exact) mass is 395 g/mol. The van der Waals surface area contributed by atoms with Crippen LogP contribution in [0.3, 0.4) is 0 Å². The highest BCUT2D eigenvalue weighted by Crippen LogP contribution is 2.19. The molecular formula is C18H25N3O3S2. The number of nitrogens with one attached hydrogen (secondary N) is 1. The lowest BCUT2D eigenvalue weighted by atomic mass is 10.2. The lowest BCUT2D eigenvalue weighted by molar-refractivity contribution is 0.0939. The Hall–Kier alpha value is -1.77. The molecule has 0 fully saturated rings. The van der Waals surface area contributed by atoms with Crippen molar-refractivity contribution in [2.24, 2.45) is 0 Å². The second-order valence-electron chi connectivity index (χ2n) is 5.83. The lowest BCUT2D eigenvalue weighted by Crippen LogP contribution is -2.31. The zero-order valence-electron chi connectivity index (χ0n) is 15.5. The summed E-state index contributed by atoms with van der Waals surface area (Å²) in [5.41, 5.74) is 1.13. The fourth-order valence-electron chi connectivity index (χ4n) is 2.55. The number of hydrogen-bond acceptors (Lipinski definition) is 5. The normalized spacial score (nSPS) is 13.0. The van der Waals surface area contributed by atoms with E-state index >= 15 is 0 Å². The fourth-order valence-corrected chi connectivity index (χ4v) is 4.89. The molecule has 0 saturated heterocycles. The van der Waals surface area contributed by atoms with Gasteiger partial charge in [0.15, 0.2) is 0 Å². The zero-order valence-corrected chi connectivity index (χ0v) is 17.2. The molecule has 0 spiro atoms. The number of rotatable bonds is 8. The molecule has 6 nitrogen and oxygen atoms in total. The number of carbonyl (C=O) groups is 1. The molecule has 0 aliphatic carbocycles. The van der Waals surface area contributed by atoms with E-state index < -0.39 is 10.0 Å². The number of aryl methyl sites for hydroxylation is 1. The second-order valence-corrected chi connectivity index (χ2v) is 8.71. The first kappa shape index (κ1) is 20.5. The first-order chi connectivity index (χ1) is 12.3. The summed E-state index contributed by atoms with van der Waals surface area (Å²) >= 11 is 1.57. The fraction of sp³-hybridized carbons (Fsp3) is 0.444. The summed E-state index contributed by atoms with van der Waals surface area (Å²) in [7, 11) is -3.60. The Morgan fingerprint density at radius 3 is 2.54 bits per heavy atom. The van der Waals surface area contributed by atoms with Crippen LogP contribution in [0.1, 0.15) is 54.8 Å². The molecule has 0 radical (unpaired) electrons. The van der Waals surface area contributed by atoms with Gasteiger partial charge in [0.25, 0.3) is 5.91 Å². The predicted octanol–water partition coefficient (Wildman–Crippen LogP) is 3.23. The van der Waals surface area contributed by atoms with Crippen LogP contribution in [0.2, 0.25) is 0 Å². The van der Waals surface area contributed by atoms with Crippen LogP contribution in [-0.2, 0) is 16.4 Å². The van der Waals surface area contributed by atoms with E-state index in [0.717, 1.165) is 17.1 Å². The van der Waals surface area contributed by atoms with E-state index in [2.05, 4.69) is 10.3 Å². The summed E-state index contributed by atoms with van der Waals surface area (Å²) in [5, 5.41) is 5.84. The van der Waals surface area contributed by atoms with Crippen LogP contribution in [0.15, 0.2) is 34.5 Å². The number of carbonyl (C=O) groups excluding carboxylic acids is 1. The van der Waals surface area contributed by atoms with Crippen LogP contribution in [0, 0.1) is 0 Å². The van der Waals surface area contributed by atoms with Crippen molar-refractivity contribution in [3.8, 4) is 0 Å². The van der Waals surface area contributed by atoms with Crippen molar-refractivity contribution in [3.05, 3.63) is 45.9 Å². The van der Waals surface area contributed by atoms with Crippen molar-refractivity contribution in [3.63, 3.8) is 0 Å². The van der Waals surface area contributed by atoms with E-state index in [1.54, 1.807) is 37.3 Å². The third kappa shape index (κ3) is 4.49. The third-order valence-electron chi connectivity index (χ3n) is 4.10. The van der Waals surface area contributed by atoms with E-state index in [-0.39, 0.29) is 16.8 Å². The first-order valence-corrected chi connectivity index (χ1v) is 11.0. The predicted molar refractivity (Wildman–Crippen MR) is 104 cm³/mol. The number of benzene rings is 1. The van der Waals surface area contributed by atoms with Crippen LogP contribution < -0.4 is 5.32 Å². The highest BCUT2D eigenvalue weighted by Gasteiger charge is 2.23. The Labute approximate surface area is 159 Å². The maximum absolute atomic E-state index is 12.6. The number of thiazole rings is 1. The molecule has 26 heavy (non-hydrogen) atoms. The smallest absolute Gasteiger partial charge is 0.251 e. The van der Waals surface area contributed by atoms with Gasteiger partial charge < -0.3 is 5.32 Å². The zero-order chi connectivity index (χ0) is 19.3. The largest absolute Gasteiger partial charge is 0.344 e. The minimum Gasteiger partial charge on any atom is -0.344 e. The molecule has 8 heteroatoms. The van der Waals surface area contributed by atoms with Gasteiger partial charge in [-0.2, -0.15) is 4.31 Å². The third-order valence-corrected chi connectivity index (χ3v) is 7.16. The van der Waals surface area contributed by atoms with Gasteiger partial charge in [-0.05, 0) is 31.5 Å². The van der Waals surface area contributed by atoms with Gasteiger partial charge in [0.05, 0.1) is 21.6 Å². The van der Waals surface area contributed by atoms with Crippen LogP contribution >= 0.6 is 11.3 Å². The molecule has 1 N–H and O–H groups in total. The SMILES string of the molecule is CCc1nc(C(C)NC(=O)c2cccc(S(=O)(=O)N(CC)CC)c2)cs1. The summed E-state index contributed by atoms with van der Waals surface area (Å²) in [6.07, 6.45) is 0.858. The molecule has 1 aromatic carbocycles. The van der Waals surface area contributed by atoms with Gasteiger partial charge in [0.1, 0.15) is 0 Å². The van der Waals surface area contributed by atoms with E-state index in [1.807, 2.05) is 19.2 Å². The van der Waals surface area contributed by atoms with Gasteiger partial charge >= 0.3 is 0 Å². The van der Waals surface area contributed by atoms with Gasteiger partial charge in [-0.1, -0.05) is 26.8 Å². The molecule has 2 aromatic rings.